The third-order valence-corrected chi connectivity index (χ3v) is 3.84. The number of β-amino-alcohol motifs (C(OH)–C–C–N with tert-alkyl or cyclic N) is 1. The fourth-order valence-electron chi connectivity index (χ4n) is 2.88. The predicted octanol–water partition coefficient (Wildman–Crippen LogP) is 0.785. The minimum Gasteiger partial charge on any atom is -0.391 e. The number of aromatic amines is 2. The molecule has 0 unspecified atom stereocenters. The Morgan fingerprint density at radius 1 is 1.35 bits per heavy atom. The van der Waals surface area contributed by atoms with Crippen LogP contribution in [0.4, 0.5) is 0 Å². The first-order chi connectivity index (χ1) is 9.60. The van der Waals surface area contributed by atoms with Gasteiger partial charge in [0.2, 0.25) is 0 Å². The average molecular weight is 275 g/mol. The number of imidazole rings is 1. The Labute approximate surface area is 118 Å². The Morgan fingerprint density at radius 2 is 2.20 bits per heavy atom. The molecule has 0 aromatic carbocycles. The zero-order valence-corrected chi connectivity index (χ0v) is 11.9. The summed E-state index contributed by atoms with van der Waals surface area (Å²) in [5, 5.41) is 17.4. The fraction of sp³-hybridized carbons (Fsp3) is 0.571. The highest BCUT2D eigenvalue weighted by Crippen LogP contribution is 2.22. The van der Waals surface area contributed by atoms with E-state index < -0.39 is 0 Å². The highest BCUT2D eigenvalue weighted by atomic mass is 16.3. The van der Waals surface area contributed by atoms with E-state index in [0.717, 1.165) is 42.4 Å². The number of hydrogen-bond acceptors (Lipinski definition) is 4. The summed E-state index contributed by atoms with van der Waals surface area (Å²) in [5.41, 5.74) is 3.17. The number of rotatable bonds is 4. The van der Waals surface area contributed by atoms with Gasteiger partial charge in [-0.3, -0.25) is 10.00 Å². The lowest BCUT2D eigenvalue weighted by Crippen LogP contribution is -2.22. The number of nitrogens with one attached hydrogen (secondary N) is 2. The molecule has 0 bridgehead atoms. The molecule has 1 saturated heterocycles. The molecule has 3 rings (SSSR count). The van der Waals surface area contributed by atoms with Crippen molar-refractivity contribution in [3.63, 3.8) is 0 Å². The monoisotopic (exact) mass is 275 g/mol. The van der Waals surface area contributed by atoms with Crippen LogP contribution in [0.1, 0.15) is 22.9 Å². The van der Waals surface area contributed by atoms with Gasteiger partial charge in [0, 0.05) is 36.6 Å². The van der Waals surface area contributed by atoms with Gasteiger partial charge in [0.1, 0.15) is 5.82 Å². The summed E-state index contributed by atoms with van der Waals surface area (Å²) in [6.45, 7) is 6.34. The van der Waals surface area contributed by atoms with Crippen molar-refractivity contribution in [2.45, 2.75) is 32.9 Å². The minimum absolute atomic E-state index is 0.244. The van der Waals surface area contributed by atoms with Crippen molar-refractivity contribution in [1.29, 1.82) is 0 Å². The summed E-state index contributed by atoms with van der Waals surface area (Å²) >= 11 is 0. The summed E-state index contributed by atoms with van der Waals surface area (Å²) in [6.07, 6.45) is 2.37. The largest absolute Gasteiger partial charge is 0.391 e. The second-order valence-electron chi connectivity index (χ2n) is 5.78. The molecular formula is C14H21N5O. The topological polar surface area (TPSA) is 80.8 Å². The highest BCUT2D eigenvalue weighted by Gasteiger charge is 2.32. The van der Waals surface area contributed by atoms with Crippen LogP contribution < -0.4 is 0 Å². The number of aryl methyl sites for hydroxylation is 2. The van der Waals surface area contributed by atoms with E-state index in [1.807, 2.05) is 26.1 Å². The van der Waals surface area contributed by atoms with Gasteiger partial charge < -0.3 is 10.1 Å². The third kappa shape index (κ3) is 2.91. The maximum atomic E-state index is 10.2. The van der Waals surface area contributed by atoms with Crippen molar-refractivity contribution in [3.05, 3.63) is 35.2 Å². The van der Waals surface area contributed by atoms with Gasteiger partial charge in [-0.05, 0) is 26.3 Å². The zero-order valence-electron chi connectivity index (χ0n) is 11.9. The van der Waals surface area contributed by atoms with E-state index >= 15 is 0 Å². The molecule has 1 aliphatic rings. The standard InChI is InChI=1S/C14H21N5O/c1-9-3-12(18-17-9)4-11-6-19(7-13(11)20)8-14-15-5-10(2)16-14/h3,5,11,13,20H,4,6-8H2,1-2H3,(H,15,16)(H,17,18)/t11-,13-/m1/s1. The molecule has 1 aliphatic heterocycles. The van der Waals surface area contributed by atoms with Crippen LogP contribution >= 0.6 is 0 Å². The molecule has 0 spiro atoms. The molecule has 20 heavy (non-hydrogen) atoms. The van der Waals surface area contributed by atoms with Crippen molar-refractivity contribution < 1.29 is 5.11 Å². The van der Waals surface area contributed by atoms with Crippen LogP contribution in [0.2, 0.25) is 0 Å². The lowest BCUT2D eigenvalue weighted by Gasteiger charge is -2.13. The molecule has 2 atom stereocenters. The van der Waals surface area contributed by atoms with Crippen molar-refractivity contribution in [2.24, 2.45) is 5.92 Å². The van der Waals surface area contributed by atoms with Crippen molar-refractivity contribution in [2.75, 3.05) is 13.1 Å². The molecule has 108 valence electrons. The second kappa shape index (κ2) is 5.38. The van der Waals surface area contributed by atoms with Crippen LogP contribution in [-0.2, 0) is 13.0 Å². The molecular weight excluding hydrogens is 254 g/mol. The Morgan fingerprint density at radius 3 is 2.85 bits per heavy atom. The van der Waals surface area contributed by atoms with E-state index in [1.54, 1.807) is 0 Å². The molecule has 0 saturated carbocycles. The lowest BCUT2D eigenvalue weighted by molar-refractivity contribution is 0.140. The van der Waals surface area contributed by atoms with Crippen LogP contribution in [0.5, 0.6) is 0 Å². The number of H-pyrrole nitrogens is 2. The van der Waals surface area contributed by atoms with Gasteiger partial charge in [-0.2, -0.15) is 5.10 Å². The molecule has 6 nitrogen and oxygen atoms in total. The van der Waals surface area contributed by atoms with Gasteiger partial charge in [-0.1, -0.05) is 0 Å². The molecule has 6 heteroatoms. The summed E-state index contributed by atoms with van der Waals surface area (Å²) in [7, 11) is 0. The maximum Gasteiger partial charge on any atom is 0.120 e. The number of aliphatic hydroxyl groups is 1. The van der Waals surface area contributed by atoms with Crippen LogP contribution in [0.15, 0.2) is 12.3 Å². The second-order valence-corrected chi connectivity index (χ2v) is 5.78. The molecule has 0 radical (unpaired) electrons. The zero-order chi connectivity index (χ0) is 14.1. The predicted molar refractivity (Wildman–Crippen MR) is 75.1 cm³/mol. The van der Waals surface area contributed by atoms with E-state index in [4.69, 9.17) is 0 Å². The Hall–Kier alpha value is -1.66. The van der Waals surface area contributed by atoms with E-state index in [-0.39, 0.29) is 12.0 Å². The molecule has 1 fully saturated rings. The van der Waals surface area contributed by atoms with Crippen LogP contribution in [-0.4, -0.2) is 49.4 Å². The van der Waals surface area contributed by atoms with Crippen LogP contribution in [0, 0.1) is 19.8 Å². The Kier molecular flexibility index (Phi) is 3.58. The molecule has 3 N–H and O–H groups in total. The molecule has 3 heterocycles. The smallest absolute Gasteiger partial charge is 0.120 e. The van der Waals surface area contributed by atoms with E-state index in [9.17, 15) is 5.11 Å². The van der Waals surface area contributed by atoms with Gasteiger partial charge in [-0.15, -0.1) is 0 Å². The quantitative estimate of drug-likeness (QED) is 0.770. The lowest BCUT2D eigenvalue weighted by atomic mass is 10.0. The first-order valence-corrected chi connectivity index (χ1v) is 7.02. The number of nitrogens with zero attached hydrogens (tertiary/aromatic N) is 3. The summed E-state index contributed by atoms with van der Waals surface area (Å²) < 4.78 is 0. The number of likely N-dealkylation sites (tertiary alicyclic amines) is 1. The maximum absolute atomic E-state index is 10.2. The number of aromatic nitrogens is 4. The first-order valence-electron chi connectivity index (χ1n) is 7.02. The minimum atomic E-state index is -0.289. The SMILES string of the molecule is Cc1cc(C[C@@H]2CN(Cc3ncc(C)[nH]3)C[C@H]2O)n[nH]1. The fourth-order valence-corrected chi connectivity index (χ4v) is 2.88. The van der Waals surface area contributed by atoms with Gasteiger partial charge in [-0.25, -0.2) is 4.98 Å². The van der Waals surface area contributed by atoms with Gasteiger partial charge in [0.05, 0.1) is 18.3 Å². The molecule has 0 amide bonds. The van der Waals surface area contributed by atoms with Crippen molar-refractivity contribution in [3.8, 4) is 0 Å². The third-order valence-electron chi connectivity index (χ3n) is 3.84. The van der Waals surface area contributed by atoms with E-state index in [0.29, 0.717) is 6.54 Å². The van der Waals surface area contributed by atoms with E-state index in [2.05, 4.69) is 25.1 Å². The Bertz CT molecular complexity index is 576. The highest BCUT2D eigenvalue weighted by molar-refractivity contribution is 5.09. The van der Waals surface area contributed by atoms with Crippen LogP contribution in [0.25, 0.3) is 0 Å². The average Bonchev–Trinajstić information content (AvgIpc) is 3.05. The first kappa shape index (κ1) is 13.3. The van der Waals surface area contributed by atoms with E-state index in [1.165, 1.54) is 0 Å². The molecule has 0 aliphatic carbocycles. The normalized spacial score (nSPS) is 23.6. The number of hydrogen-bond donors (Lipinski definition) is 3. The number of aliphatic hydroxyl groups excluding tert-OH is 1. The van der Waals surface area contributed by atoms with Gasteiger partial charge >= 0.3 is 0 Å². The summed E-state index contributed by atoms with van der Waals surface area (Å²) in [5.74, 6) is 1.21. The van der Waals surface area contributed by atoms with Crippen molar-refractivity contribution in [1.82, 2.24) is 25.1 Å². The van der Waals surface area contributed by atoms with Gasteiger partial charge in [0.15, 0.2) is 0 Å². The summed E-state index contributed by atoms with van der Waals surface area (Å²) in [6, 6.07) is 2.05. The summed E-state index contributed by atoms with van der Waals surface area (Å²) in [4.78, 5) is 9.80. The Balaban J connectivity index is 1.59. The van der Waals surface area contributed by atoms with Gasteiger partial charge in [0.25, 0.3) is 0 Å². The van der Waals surface area contributed by atoms with Crippen molar-refractivity contribution >= 4 is 0 Å². The molecule has 2 aromatic rings. The van der Waals surface area contributed by atoms with Crippen LogP contribution in [0.3, 0.4) is 0 Å². The molecule has 2 aromatic heterocycles.